The van der Waals surface area contributed by atoms with Gasteiger partial charge in [0, 0.05) is 24.0 Å². The lowest BCUT2D eigenvalue weighted by molar-refractivity contribution is -0.250. The zero-order chi connectivity index (χ0) is 35.1. The molecule has 284 valence electrons. The molecule has 0 rings (SSSR count). The van der Waals surface area contributed by atoms with Gasteiger partial charge in [0.15, 0.2) is 12.6 Å². The average molecular weight is 708 g/mol. The lowest BCUT2D eigenvalue weighted by Gasteiger charge is -2.27. The molecule has 0 bridgehead atoms. The van der Waals surface area contributed by atoms with Gasteiger partial charge in [-0.2, -0.15) is 0 Å². The third-order valence-corrected chi connectivity index (χ3v) is 10.1. The van der Waals surface area contributed by atoms with Crippen LogP contribution in [0.3, 0.4) is 0 Å². The standard InChI is InChI=1S/C42H84Cl2O3/c1-9-11-13-15-17-19-21-29-45-41(27-23-25-35(3)31-37(5)33-39(7)43)47-42(46-30-22-20-18-16-14-12-10-2)28-24-26-36(4)32-38(6)34-40(8)44/h35-42H,9-34H2,1-8H3. The van der Waals surface area contributed by atoms with E-state index in [1.165, 1.54) is 103 Å². The number of hydrogen-bond donors (Lipinski definition) is 0. The van der Waals surface area contributed by atoms with Crippen LogP contribution >= 0.6 is 23.2 Å². The summed E-state index contributed by atoms with van der Waals surface area (Å²) in [7, 11) is 0. The maximum atomic E-state index is 6.72. The van der Waals surface area contributed by atoms with Crippen LogP contribution in [-0.4, -0.2) is 36.5 Å². The van der Waals surface area contributed by atoms with Gasteiger partial charge in [-0.3, -0.25) is 0 Å². The third kappa shape index (κ3) is 33.4. The highest BCUT2D eigenvalue weighted by Gasteiger charge is 2.20. The van der Waals surface area contributed by atoms with E-state index in [1.54, 1.807) is 0 Å². The topological polar surface area (TPSA) is 27.7 Å². The molecule has 0 saturated carbocycles. The second-order valence-electron chi connectivity index (χ2n) is 15.8. The van der Waals surface area contributed by atoms with Crippen LogP contribution in [-0.2, 0) is 14.2 Å². The summed E-state index contributed by atoms with van der Waals surface area (Å²) >= 11 is 12.6. The van der Waals surface area contributed by atoms with Crippen molar-refractivity contribution in [3.63, 3.8) is 0 Å². The van der Waals surface area contributed by atoms with Crippen molar-refractivity contribution in [1.29, 1.82) is 0 Å². The zero-order valence-corrected chi connectivity index (χ0v) is 34.5. The number of rotatable bonds is 36. The first-order chi connectivity index (χ1) is 22.6. The minimum absolute atomic E-state index is 0.177. The van der Waals surface area contributed by atoms with Gasteiger partial charge in [-0.05, 0) is 102 Å². The Labute approximate surface area is 306 Å². The van der Waals surface area contributed by atoms with Crippen LogP contribution in [0.5, 0.6) is 0 Å². The summed E-state index contributed by atoms with van der Waals surface area (Å²) in [6.45, 7) is 19.9. The van der Waals surface area contributed by atoms with Gasteiger partial charge >= 0.3 is 0 Å². The lowest BCUT2D eigenvalue weighted by Crippen LogP contribution is -2.28. The summed E-state index contributed by atoms with van der Waals surface area (Å²) in [5, 5.41) is 0.516. The van der Waals surface area contributed by atoms with Crippen LogP contribution in [0.25, 0.3) is 0 Å². The molecule has 3 nitrogen and oxygen atoms in total. The van der Waals surface area contributed by atoms with E-state index in [4.69, 9.17) is 37.4 Å². The van der Waals surface area contributed by atoms with Gasteiger partial charge in [-0.1, -0.05) is 131 Å². The quantitative estimate of drug-likeness (QED) is 0.0369. The van der Waals surface area contributed by atoms with Crippen molar-refractivity contribution < 1.29 is 14.2 Å². The Morgan fingerprint density at radius 2 is 0.723 bits per heavy atom. The van der Waals surface area contributed by atoms with Crippen molar-refractivity contribution in [2.75, 3.05) is 13.2 Å². The monoisotopic (exact) mass is 707 g/mol. The SMILES string of the molecule is CCCCCCCCCOC(CCCC(C)CC(C)CC(C)Cl)OC(CCCC(C)CC(C)CC(C)Cl)OCCCCCCCCC. The Bertz CT molecular complexity index is 579. The van der Waals surface area contributed by atoms with E-state index in [1.807, 2.05) is 0 Å². The normalized spacial score (nSPS) is 17.2. The van der Waals surface area contributed by atoms with E-state index in [9.17, 15) is 0 Å². The molecule has 8 unspecified atom stereocenters. The van der Waals surface area contributed by atoms with E-state index < -0.39 is 0 Å². The molecule has 0 fully saturated rings. The second kappa shape index (κ2) is 33.6. The Kier molecular flexibility index (Phi) is 33.9. The predicted octanol–water partition coefficient (Wildman–Crippen LogP) is 14.9. The fraction of sp³-hybridized carbons (Fsp3) is 1.00. The van der Waals surface area contributed by atoms with Gasteiger partial charge in [-0.15, -0.1) is 23.2 Å². The van der Waals surface area contributed by atoms with Crippen LogP contribution in [0, 0.1) is 23.7 Å². The summed E-state index contributed by atoms with van der Waals surface area (Å²) in [5.74, 6) is 2.73. The summed E-state index contributed by atoms with van der Waals surface area (Å²) in [6, 6.07) is 0. The molecule has 0 radical (unpaired) electrons. The molecule has 0 saturated heterocycles. The maximum Gasteiger partial charge on any atom is 0.160 e. The summed E-state index contributed by atoms with van der Waals surface area (Å²) in [4.78, 5) is 0. The Balaban J connectivity index is 5.10. The van der Waals surface area contributed by atoms with Gasteiger partial charge in [0.05, 0.1) is 0 Å². The maximum absolute atomic E-state index is 6.72. The molecular formula is C42H84Cl2O3. The summed E-state index contributed by atoms with van der Waals surface area (Å²) in [5.41, 5.74) is 0. The van der Waals surface area contributed by atoms with Gasteiger partial charge in [0.1, 0.15) is 0 Å². The van der Waals surface area contributed by atoms with Crippen molar-refractivity contribution in [2.24, 2.45) is 23.7 Å². The molecule has 0 spiro atoms. The van der Waals surface area contributed by atoms with Gasteiger partial charge in [-0.25, -0.2) is 0 Å². The van der Waals surface area contributed by atoms with E-state index in [0.717, 1.165) is 64.6 Å². The van der Waals surface area contributed by atoms with E-state index >= 15 is 0 Å². The van der Waals surface area contributed by atoms with Crippen molar-refractivity contribution >= 4 is 23.2 Å². The highest BCUT2D eigenvalue weighted by Crippen LogP contribution is 2.26. The molecule has 0 amide bonds. The molecule has 0 aliphatic carbocycles. The summed E-state index contributed by atoms with van der Waals surface area (Å²) < 4.78 is 19.7. The van der Waals surface area contributed by atoms with Crippen molar-refractivity contribution in [1.82, 2.24) is 0 Å². The molecule has 0 aliphatic heterocycles. The first-order valence-corrected chi connectivity index (χ1v) is 21.6. The molecule has 47 heavy (non-hydrogen) atoms. The largest absolute Gasteiger partial charge is 0.353 e. The van der Waals surface area contributed by atoms with E-state index in [2.05, 4.69) is 55.4 Å². The van der Waals surface area contributed by atoms with Crippen LogP contribution in [0.1, 0.15) is 209 Å². The van der Waals surface area contributed by atoms with Crippen LogP contribution < -0.4 is 0 Å². The molecular weight excluding hydrogens is 623 g/mol. The van der Waals surface area contributed by atoms with Gasteiger partial charge < -0.3 is 14.2 Å². The van der Waals surface area contributed by atoms with Crippen molar-refractivity contribution in [3.05, 3.63) is 0 Å². The fourth-order valence-corrected chi connectivity index (χ4v) is 7.88. The Morgan fingerprint density at radius 1 is 0.383 bits per heavy atom. The number of ether oxygens (including phenoxy) is 3. The molecule has 0 aromatic rings. The van der Waals surface area contributed by atoms with Crippen molar-refractivity contribution in [3.8, 4) is 0 Å². The van der Waals surface area contributed by atoms with Crippen LogP contribution in [0.2, 0.25) is 0 Å². The minimum atomic E-state index is -0.177. The Morgan fingerprint density at radius 3 is 1.06 bits per heavy atom. The van der Waals surface area contributed by atoms with Gasteiger partial charge in [0.25, 0.3) is 0 Å². The predicted molar refractivity (Wildman–Crippen MR) is 210 cm³/mol. The number of alkyl halides is 2. The minimum Gasteiger partial charge on any atom is -0.353 e. The molecule has 0 aromatic carbocycles. The van der Waals surface area contributed by atoms with Crippen molar-refractivity contribution in [2.45, 2.75) is 233 Å². The average Bonchev–Trinajstić information content (AvgIpc) is 2.98. The highest BCUT2D eigenvalue weighted by molar-refractivity contribution is 6.20. The number of hydrogen-bond acceptors (Lipinski definition) is 3. The molecule has 8 atom stereocenters. The lowest BCUT2D eigenvalue weighted by atomic mass is 9.90. The van der Waals surface area contributed by atoms with Gasteiger partial charge in [0.2, 0.25) is 0 Å². The zero-order valence-electron chi connectivity index (χ0n) is 33.0. The highest BCUT2D eigenvalue weighted by atomic mass is 35.5. The molecule has 0 aromatic heterocycles. The van der Waals surface area contributed by atoms with E-state index in [-0.39, 0.29) is 23.3 Å². The first kappa shape index (κ1) is 47.5. The number of unbranched alkanes of at least 4 members (excludes halogenated alkanes) is 12. The van der Waals surface area contributed by atoms with Crippen LogP contribution in [0.4, 0.5) is 0 Å². The smallest absolute Gasteiger partial charge is 0.160 e. The first-order valence-electron chi connectivity index (χ1n) is 20.7. The fourth-order valence-electron chi connectivity index (χ4n) is 7.28. The number of halogens is 2. The molecule has 0 heterocycles. The summed E-state index contributed by atoms with van der Waals surface area (Å²) in [6.07, 6.45) is 29.0. The second-order valence-corrected chi connectivity index (χ2v) is 17.3. The Hall–Kier alpha value is 0.460. The molecule has 0 aliphatic rings. The molecule has 5 heteroatoms. The van der Waals surface area contributed by atoms with Crippen LogP contribution in [0.15, 0.2) is 0 Å². The third-order valence-electron chi connectivity index (χ3n) is 9.74. The van der Waals surface area contributed by atoms with E-state index in [0.29, 0.717) is 23.7 Å². The molecule has 0 N–H and O–H groups in total.